The van der Waals surface area contributed by atoms with E-state index in [-0.39, 0.29) is 10.9 Å². The molecule has 1 aromatic heterocycles. The molecular weight excluding hydrogens is 500 g/mol. The van der Waals surface area contributed by atoms with Crippen molar-refractivity contribution in [2.45, 2.75) is 30.1 Å². The van der Waals surface area contributed by atoms with Crippen LogP contribution >= 0.6 is 11.6 Å². The van der Waals surface area contributed by atoms with Gasteiger partial charge < -0.3 is 9.29 Å². The Morgan fingerprint density at radius 3 is 2.30 bits per heavy atom. The topological polar surface area (TPSA) is 76.5 Å². The Labute approximate surface area is 188 Å². The highest BCUT2D eigenvalue weighted by molar-refractivity contribution is 7.88. The highest BCUT2D eigenvalue weighted by Gasteiger charge is 2.59. The van der Waals surface area contributed by atoms with Crippen molar-refractivity contribution in [2.24, 2.45) is 0 Å². The lowest BCUT2D eigenvalue weighted by molar-refractivity contribution is -0.274. The van der Waals surface area contributed by atoms with Crippen molar-refractivity contribution in [3.05, 3.63) is 71.0 Å². The molecule has 3 rings (SSSR count). The Morgan fingerprint density at radius 1 is 1.06 bits per heavy atom. The van der Waals surface area contributed by atoms with Crippen LogP contribution in [0.5, 0.6) is 5.75 Å². The third-order valence-electron chi connectivity index (χ3n) is 5.08. The zero-order valence-corrected chi connectivity index (χ0v) is 18.0. The third-order valence-corrected chi connectivity index (χ3v) is 6.38. The van der Waals surface area contributed by atoms with E-state index in [9.17, 15) is 39.9 Å². The van der Waals surface area contributed by atoms with Gasteiger partial charge in [-0.25, -0.2) is 0 Å². The van der Waals surface area contributed by atoms with Crippen LogP contribution in [0.3, 0.4) is 0 Å². The number of nitrogens with zero attached hydrogens (tertiary/aromatic N) is 1. The average molecular weight is 514 g/mol. The number of aliphatic hydroxyl groups is 1. The molecule has 2 aromatic carbocycles. The van der Waals surface area contributed by atoms with Gasteiger partial charge >= 0.3 is 21.8 Å². The molecule has 2 atom stereocenters. The summed E-state index contributed by atoms with van der Waals surface area (Å²) in [7, 11) is -6.01. The van der Waals surface area contributed by atoms with Gasteiger partial charge in [0.25, 0.3) is 0 Å². The molecule has 33 heavy (non-hydrogen) atoms. The Morgan fingerprint density at radius 2 is 1.73 bits per heavy atom. The quantitative estimate of drug-likeness (QED) is 0.270. The Bertz CT molecular complexity index is 1290. The normalized spacial score (nSPS) is 15.8. The third kappa shape index (κ3) is 4.46. The van der Waals surface area contributed by atoms with Crippen LogP contribution in [0.1, 0.15) is 24.0 Å². The molecule has 13 heteroatoms. The Hall–Kier alpha value is -2.57. The minimum absolute atomic E-state index is 0.0755. The molecular formula is C20H14ClF6NO4S. The molecule has 3 aromatic rings. The highest BCUT2D eigenvalue weighted by Crippen LogP contribution is 2.51. The zero-order valence-electron chi connectivity index (χ0n) is 16.4. The van der Waals surface area contributed by atoms with Gasteiger partial charge in [0.2, 0.25) is 0 Å². The molecule has 1 N–H and O–H groups in total. The van der Waals surface area contributed by atoms with Gasteiger partial charge in [-0.15, -0.1) is 0 Å². The Kier molecular flexibility index (Phi) is 6.33. The summed E-state index contributed by atoms with van der Waals surface area (Å²) in [5.74, 6) is -2.63. The monoisotopic (exact) mass is 513 g/mol. The summed E-state index contributed by atoms with van der Waals surface area (Å²) in [5, 5.41) is 10.9. The van der Waals surface area contributed by atoms with E-state index >= 15 is 0 Å². The molecule has 0 aliphatic carbocycles. The van der Waals surface area contributed by atoms with E-state index in [4.69, 9.17) is 11.6 Å². The first-order valence-electron chi connectivity index (χ1n) is 9.02. The van der Waals surface area contributed by atoms with Crippen molar-refractivity contribution in [1.82, 2.24) is 4.98 Å². The SMILES string of the molecule is CC(c1ccc(OS(=O)(=O)C(F)(F)F)cc1Cl)C(O)(c1cccc2cnccc12)C(F)(F)F. The number of hydrogen-bond donors (Lipinski definition) is 1. The van der Waals surface area contributed by atoms with Gasteiger partial charge in [0.1, 0.15) is 5.75 Å². The first kappa shape index (κ1) is 25.1. The predicted octanol–water partition coefficient (Wildman–Crippen LogP) is 5.67. The summed E-state index contributed by atoms with van der Waals surface area (Å²) in [6.07, 6.45) is -2.63. The van der Waals surface area contributed by atoms with Crippen LogP contribution in [0, 0.1) is 0 Å². The number of benzene rings is 2. The fraction of sp³-hybridized carbons (Fsp3) is 0.250. The van der Waals surface area contributed by atoms with E-state index in [1.165, 1.54) is 30.6 Å². The molecule has 0 aliphatic heterocycles. The van der Waals surface area contributed by atoms with E-state index in [1.807, 2.05) is 0 Å². The maximum absolute atomic E-state index is 14.3. The molecule has 0 bridgehead atoms. The van der Waals surface area contributed by atoms with Crippen molar-refractivity contribution >= 4 is 32.5 Å². The van der Waals surface area contributed by atoms with Crippen LogP contribution < -0.4 is 4.18 Å². The molecule has 0 amide bonds. The summed E-state index contributed by atoms with van der Waals surface area (Å²) >= 11 is 5.98. The van der Waals surface area contributed by atoms with Crippen LogP contribution in [0.4, 0.5) is 26.3 Å². The maximum Gasteiger partial charge on any atom is 0.534 e. The maximum atomic E-state index is 14.3. The standard InChI is InChI=1S/C20H14ClF6NO4S/c1-11(14-6-5-13(9-17(14)21)32-33(30,31)20(25,26)27)18(29,19(22,23)24)16-4-2-3-12-10-28-8-7-15(12)16/h2-11,29H,1H3. The fourth-order valence-electron chi connectivity index (χ4n) is 3.40. The van der Waals surface area contributed by atoms with E-state index < -0.39 is 49.7 Å². The first-order valence-corrected chi connectivity index (χ1v) is 10.8. The van der Waals surface area contributed by atoms with E-state index in [2.05, 4.69) is 9.17 Å². The van der Waals surface area contributed by atoms with Gasteiger partial charge in [-0.3, -0.25) is 4.98 Å². The molecule has 1 heterocycles. The van der Waals surface area contributed by atoms with Gasteiger partial charge in [0.05, 0.1) is 0 Å². The lowest BCUT2D eigenvalue weighted by atomic mass is 9.76. The van der Waals surface area contributed by atoms with Crippen LogP contribution in [0.25, 0.3) is 10.8 Å². The molecule has 0 saturated heterocycles. The number of pyridine rings is 1. The van der Waals surface area contributed by atoms with Crippen LogP contribution in [-0.2, 0) is 15.7 Å². The molecule has 0 radical (unpaired) electrons. The van der Waals surface area contributed by atoms with Gasteiger partial charge in [0, 0.05) is 40.4 Å². The fourth-order valence-corrected chi connectivity index (χ4v) is 4.18. The average Bonchev–Trinajstić information content (AvgIpc) is 2.70. The van der Waals surface area contributed by atoms with Crippen molar-refractivity contribution < 1.29 is 44.0 Å². The van der Waals surface area contributed by atoms with Crippen LogP contribution in [0.15, 0.2) is 54.9 Å². The summed E-state index contributed by atoms with van der Waals surface area (Å²) in [6.45, 7) is 1.03. The van der Waals surface area contributed by atoms with Crippen molar-refractivity contribution in [1.29, 1.82) is 0 Å². The minimum Gasteiger partial charge on any atom is -0.376 e. The lowest BCUT2D eigenvalue weighted by Gasteiger charge is -2.37. The Balaban J connectivity index is 2.11. The molecule has 0 aliphatic rings. The lowest BCUT2D eigenvalue weighted by Crippen LogP contribution is -2.46. The second-order valence-corrected chi connectivity index (χ2v) is 9.00. The molecule has 5 nitrogen and oxygen atoms in total. The summed E-state index contributed by atoms with van der Waals surface area (Å²) < 4.78 is 107. The van der Waals surface area contributed by atoms with E-state index in [1.54, 1.807) is 0 Å². The van der Waals surface area contributed by atoms with Crippen molar-refractivity contribution in [3.8, 4) is 5.75 Å². The smallest absolute Gasteiger partial charge is 0.376 e. The molecule has 0 spiro atoms. The van der Waals surface area contributed by atoms with Gasteiger partial charge in [0.15, 0.2) is 5.60 Å². The van der Waals surface area contributed by atoms with Crippen molar-refractivity contribution in [3.63, 3.8) is 0 Å². The molecule has 0 saturated carbocycles. The van der Waals surface area contributed by atoms with Gasteiger partial charge in [-0.05, 0) is 23.1 Å². The van der Waals surface area contributed by atoms with Crippen LogP contribution in [-0.4, -0.2) is 30.2 Å². The van der Waals surface area contributed by atoms with Gasteiger partial charge in [-0.2, -0.15) is 34.8 Å². The number of halogens is 7. The molecule has 0 fully saturated rings. The zero-order chi connectivity index (χ0) is 24.8. The summed E-state index contributed by atoms with van der Waals surface area (Å²) in [5.41, 5.74) is -9.99. The molecule has 178 valence electrons. The van der Waals surface area contributed by atoms with Crippen molar-refractivity contribution in [2.75, 3.05) is 0 Å². The second-order valence-electron chi connectivity index (χ2n) is 7.05. The number of alkyl halides is 6. The van der Waals surface area contributed by atoms with E-state index in [0.29, 0.717) is 17.5 Å². The predicted molar refractivity (Wildman–Crippen MR) is 107 cm³/mol. The summed E-state index contributed by atoms with van der Waals surface area (Å²) in [6, 6.07) is 7.40. The van der Waals surface area contributed by atoms with Gasteiger partial charge in [-0.1, -0.05) is 42.8 Å². The van der Waals surface area contributed by atoms with Crippen LogP contribution in [0.2, 0.25) is 5.02 Å². The van der Waals surface area contributed by atoms with E-state index in [0.717, 1.165) is 19.1 Å². The number of rotatable bonds is 5. The molecule has 2 unspecified atom stereocenters. The number of fused-ring (bicyclic) bond motifs is 1. The first-order chi connectivity index (χ1) is 15.1. The minimum atomic E-state index is -6.01. The highest BCUT2D eigenvalue weighted by atomic mass is 35.5. The number of aromatic nitrogens is 1. The second kappa shape index (κ2) is 8.33. The number of hydrogen-bond acceptors (Lipinski definition) is 5. The largest absolute Gasteiger partial charge is 0.534 e. The summed E-state index contributed by atoms with van der Waals surface area (Å²) in [4.78, 5) is 3.84.